The van der Waals surface area contributed by atoms with Crippen molar-refractivity contribution in [3.8, 4) is 0 Å². The third-order valence-electron chi connectivity index (χ3n) is 3.66. The first-order valence-corrected chi connectivity index (χ1v) is 7.89. The van der Waals surface area contributed by atoms with Gasteiger partial charge in [0.1, 0.15) is 5.76 Å². The summed E-state index contributed by atoms with van der Waals surface area (Å²) < 4.78 is 0. The summed E-state index contributed by atoms with van der Waals surface area (Å²) in [6.45, 7) is 2.05. The van der Waals surface area contributed by atoms with Gasteiger partial charge in [-0.2, -0.15) is 0 Å². The van der Waals surface area contributed by atoms with Gasteiger partial charge in [-0.3, -0.25) is 0 Å². The van der Waals surface area contributed by atoms with Crippen molar-refractivity contribution < 1.29 is 5.11 Å². The van der Waals surface area contributed by atoms with Gasteiger partial charge in [-0.15, -0.1) is 0 Å². The van der Waals surface area contributed by atoms with Crippen molar-refractivity contribution in [1.29, 1.82) is 0 Å². The lowest BCUT2D eigenvalue weighted by Crippen LogP contribution is -1.99. The molecule has 0 heterocycles. The number of hydrogen-bond donors (Lipinski definition) is 1. The zero-order chi connectivity index (χ0) is 16.8. The predicted molar refractivity (Wildman–Crippen MR) is 101 cm³/mol. The molecule has 0 saturated carbocycles. The smallest absolute Gasteiger partial charge is 0.124 e. The molecule has 118 valence electrons. The van der Waals surface area contributed by atoms with Crippen LogP contribution in [0.5, 0.6) is 0 Å². The zero-order valence-corrected chi connectivity index (χ0v) is 13.6. The van der Waals surface area contributed by atoms with Gasteiger partial charge in [0, 0.05) is 17.2 Å². The van der Waals surface area contributed by atoms with E-state index in [1.54, 1.807) is 6.08 Å². The molecule has 1 N–H and O–H groups in total. The van der Waals surface area contributed by atoms with Crippen molar-refractivity contribution in [2.24, 2.45) is 4.99 Å². The molecule has 0 aliphatic heterocycles. The zero-order valence-electron chi connectivity index (χ0n) is 13.6. The number of aliphatic hydroxyl groups excluding tert-OH is 1. The Bertz CT molecular complexity index is 865. The average Bonchev–Trinajstić information content (AvgIpc) is 2.63. The van der Waals surface area contributed by atoms with Gasteiger partial charge in [0.2, 0.25) is 0 Å². The SMILES string of the molecule is Cc1cccc(C(/C=C(\O)c2ccccc2)=N\c2ccccc2)c1. The molecule has 3 aromatic rings. The van der Waals surface area contributed by atoms with E-state index in [9.17, 15) is 5.11 Å². The maximum Gasteiger partial charge on any atom is 0.124 e. The van der Waals surface area contributed by atoms with Crippen molar-refractivity contribution in [3.63, 3.8) is 0 Å². The number of benzene rings is 3. The van der Waals surface area contributed by atoms with Crippen LogP contribution in [0.4, 0.5) is 5.69 Å². The summed E-state index contributed by atoms with van der Waals surface area (Å²) in [7, 11) is 0. The highest BCUT2D eigenvalue weighted by molar-refractivity contribution is 6.12. The second kappa shape index (κ2) is 7.42. The van der Waals surface area contributed by atoms with Crippen LogP contribution >= 0.6 is 0 Å². The van der Waals surface area contributed by atoms with Crippen LogP contribution in [0, 0.1) is 6.92 Å². The Balaban J connectivity index is 2.07. The Morgan fingerprint density at radius 1 is 0.792 bits per heavy atom. The summed E-state index contributed by atoms with van der Waals surface area (Å²) in [5.41, 5.74) is 4.48. The van der Waals surface area contributed by atoms with Crippen LogP contribution in [0.2, 0.25) is 0 Å². The molecule has 0 aliphatic carbocycles. The Labute approximate surface area is 142 Å². The molecule has 0 atom stereocenters. The van der Waals surface area contributed by atoms with Gasteiger partial charge in [-0.25, -0.2) is 4.99 Å². The highest BCUT2D eigenvalue weighted by Crippen LogP contribution is 2.18. The molecule has 24 heavy (non-hydrogen) atoms. The molecule has 0 aliphatic rings. The number of allylic oxidation sites excluding steroid dienone is 1. The van der Waals surface area contributed by atoms with Crippen LogP contribution in [-0.2, 0) is 0 Å². The molecule has 0 radical (unpaired) electrons. The molecule has 0 aromatic heterocycles. The molecule has 0 spiro atoms. The van der Waals surface area contributed by atoms with Gasteiger partial charge >= 0.3 is 0 Å². The van der Waals surface area contributed by atoms with E-state index in [0.717, 1.165) is 28.1 Å². The van der Waals surface area contributed by atoms with E-state index in [0.29, 0.717) is 0 Å². The Hall–Kier alpha value is -3.13. The van der Waals surface area contributed by atoms with Gasteiger partial charge in [0.05, 0.1) is 11.4 Å². The van der Waals surface area contributed by atoms with Crippen LogP contribution in [0.15, 0.2) is 96.0 Å². The normalized spacial score (nSPS) is 12.2. The summed E-state index contributed by atoms with van der Waals surface area (Å²) in [5.74, 6) is 0.201. The van der Waals surface area contributed by atoms with E-state index in [4.69, 9.17) is 4.99 Å². The van der Waals surface area contributed by atoms with Gasteiger partial charge < -0.3 is 5.11 Å². The monoisotopic (exact) mass is 313 g/mol. The average molecular weight is 313 g/mol. The summed E-state index contributed by atoms with van der Waals surface area (Å²) in [4.78, 5) is 4.72. The van der Waals surface area contributed by atoms with E-state index in [1.165, 1.54) is 0 Å². The molecule has 0 bridgehead atoms. The topological polar surface area (TPSA) is 32.6 Å². The van der Waals surface area contributed by atoms with Crippen molar-refractivity contribution in [3.05, 3.63) is 108 Å². The maximum absolute atomic E-state index is 10.5. The Morgan fingerprint density at radius 3 is 2.08 bits per heavy atom. The molecular formula is C22H19NO. The summed E-state index contributed by atoms with van der Waals surface area (Å²) in [6, 6.07) is 27.4. The predicted octanol–water partition coefficient (Wildman–Crippen LogP) is 5.71. The van der Waals surface area contributed by atoms with Crippen LogP contribution in [0.3, 0.4) is 0 Å². The summed E-state index contributed by atoms with van der Waals surface area (Å²) in [5, 5.41) is 10.5. The van der Waals surface area contributed by atoms with Crippen molar-refractivity contribution in [2.45, 2.75) is 6.92 Å². The van der Waals surface area contributed by atoms with Gasteiger partial charge in [-0.1, -0.05) is 72.3 Å². The minimum atomic E-state index is 0.201. The minimum Gasteiger partial charge on any atom is -0.507 e. The molecule has 0 unspecified atom stereocenters. The van der Waals surface area contributed by atoms with Crippen molar-refractivity contribution in [2.75, 3.05) is 0 Å². The lowest BCUT2D eigenvalue weighted by Gasteiger charge is -2.06. The fourth-order valence-electron chi connectivity index (χ4n) is 2.45. The van der Waals surface area contributed by atoms with E-state index >= 15 is 0 Å². The second-order valence-corrected chi connectivity index (χ2v) is 5.60. The minimum absolute atomic E-state index is 0.201. The number of aliphatic imine (C=N–C) groups is 1. The largest absolute Gasteiger partial charge is 0.507 e. The van der Waals surface area contributed by atoms with E-state index in [-0.39, 0.29) is 5.76 Å². The van der Waals surface area contributed by atoms with Crippen LogP contribution in [0.25, 0.3) is 5.76 Å². The number of aryl methyl sites for hydroxylation is 1. The molecule has 2 nitrogen and oxygen atoms in total. The number of nitrogens with zero attached hydrogens (tertiary/aromatic N) is 1. The Morgan fingerprint density at radius 2 is 1.42 bits per heavy atom. The first-order chi connectivity index (χ1) is 11.7. The standard InChI is InChI=1S/C22H19NO/c1-17-9-8-12-19(15-17)21(23-20-13-6-3-7-14-20)16-22(24)18-10-4-2-5-11-18/h2-16,24H,1H3/b22-16-,23-21-. The first-order valence-electron chi connectivity index (χ1n) is 7.89. The van der Waals surface area contributed by atoms with E-state index in [1.807, 2.05) is 85.8 Å². The fourth-order valence-corrected chi connectivity index (χ4v) is 2.45. The van der Waals surface area contributed by atoms with Crippen molar-refractivity contribution >= 4 is 17.2 Å². The first kappa shape index (κ1) is 15.8. The lowest BCUT2D eigenvalue weighted by atomic mass is 10.0. The van der Waals surface area contributed by atoms with E-state index < -0.39 is 0 Å². The number of aliphatic hydroxyl groups is 1. The highest BCUT2D eigenvalue weighted by atomic mass is 16.3. The van der Waals surface area contributed by atoms with Crippen LogP contribution in [0.1, 0.15) is 16.7 Å². The van der Waals surface area contributed by atoms with Crippen LogP contribution in [-0.4, -0.2) is 10.8 Å². The molecule has 3 aromatic carbocycles. The molecule has 3 rings (SSSR count). The maximum atomic E-state index is 10.5. The molecule has 0 saturated heterocycles. The quantitative estimate of drug-likeness (QED) is 0.485. The molecule has 2 heteroatoms. The third-order valence-corrected chi connectivity index (χ3v) is 3.66. The van der Waals surface area contributed by atoms with Crippen molar-refractivity contribution in [1.82, 2.24) is 0 Å². The molecule has 0 amide bonds. The van der Waals surface area contributed by atoms with Gasteiger partial charge in [-0.05, 0) is 25.1 Å². The summed E-state index contributed by atoms with van der Waals surface area (Å²) >= 11 is 0. The highest BCUT2D eigenvalue weighted by Gasteiger charge is 2.05. The number of hydrogen-bond acceptors (Lipinski definition) is 2. The summed E-state index contributed by atoms with van der Waals surface area (Å²) in [6.07, 6.45) is 1.72. The second-order valence-electron chi connectivity index (χ2n) is 5.60. The number of para-hydroxylation sites is 1. The lowest BCUT2D eigenvalue weighted by molar-refractivity contribution is 0.512. The number of rotatable bonds is 4. The third kappa shape index (κ3) is 3.99. The van der Waals surface area contributed by atoms with Crippen LogP contribution < -0.4 is 0 Å². The van der Waals surface area contributed by atoms with E-state index in [2.05, 4.69) is 6.07 Å². The molecule has 0 fully saturated rings. The van der Waals surface area contributed by atoms with Gasteiger partial charge in [0.25, 0.3) is 0 Å². The van der Waals surface area contributed by atoms with Gasteiger partial charge in [0.15, 0.2) is 0 Å². The Kier molecular flexibility index (Phi) is 4.87. The fraction of sp³-hybridized carbons (Fsp3) is 0.0455. The molecular weight excluding hydrogens is 294 g/mol.